The Hall–Kier alpha value is -10.7. The Kier molecular flexibility index (Phi) is 10.5. The fourth-order valence-electron chi connectivity index (χ4n) is 10.4. The van der Waals surface area contributed by atoms with Gasteiger partial charge >= 0.3 is 0 Å². The van der Waals surface area contributed by atoms with Gasteiger partial charge in [-0.2, -0.15) is 15.8 Å². The minimum atomic E-state index is 0.450. The average Bonchev–Trinajstić information content (AvgIpc) is 4.03. The highest BCUT2D eigenvalue weighted by atomic mass is 15.0. The molecule has 13 aromatic rings. The summed E-state index contributed by atoms with van der Waals surface area (Å²) in [5.74, 6) is 1.37. The second-order valence-corrected chi connectivity index (χ2v) is 18.2. The molecule has 0 aliphatic carbocycles. The molecule has 8 heteroatoms. The molecule has 0 amide bonds. The molecule has 74 heavy (non-hydrogen) atoms. The predicted octanol–water partition coefficient (Wildman–Crippen LogP) is 15.7. The molecule has 0 aliphatic heterocycles. The van der Waals surface area contributed by atoms with Gasteiger partial charge in [0.2, 0.25) is 0 Å². The van der Waals surface area contributed by atoms with Crippen molar-refractivity contribution in [3.05, 3.63) is 247 Å². The fourth-order valence-corrected chi connectivity index (χ4v) is 10.4. The zero-order chi connectivity index (χ0) is 49.7. The Morgan fingerprint density at radius 3 is 0.932 bits per heavy atom. The molecule has 0 spiro atoms. The van der Waals surface area contributed by atoms with Crippen molar-refractivity contribution in [2.75, 3.05) is 0 Å². The fraction of sp³-hybridized carbons (Fsp3) is 0. The van der Waals surface area contributed by atoms with Gasteiger partial charge in [0, 0.05) is 49.6 Å². The van der Waals surface area contributed by atoms with Gasteiger partial charge in [-0.25, -0.2) is 15.0 Å². The zero-order valence-electron chi connectivity index (χ0n) is 39.5. The largest absolute Gasteiger partial charge is 0.309 e. The highest BCUT2D eigenvalue weighted by Crippen LogP contribution is 2.39. The summed E-state index contributed by atoms with van der Waals surface area (Å²) >= 11 is 0. The van der Waals surface area contributed by atoms with Crippen molar-refractivity contribution in [1.29, 1.82) is 15.8 Å². The molecule has 0 atom stereocenters. The SMILES string of the molecule is N#Cc1cccc(-c2ccc(-c3nc(-c4cc(-c5cccc(C#N)c5)cc(-n5c6ccccc6c6ccccc65)c4)nc(-c4cc(-c5cccc(C#N)c5)cc(-n5c6ccccc6c6ccccc65)c4)n3)cc2)c1. The van der Waals surface area contributed by atoms with Crippen LogP contribution in [0.5, 0.6) is 0 Å². The predicted molar refractivity (Wildman–Crippen MR) is 295 cm³/mol. The van der Waals surface area contributed by atoms with E-state index < -0.39 is 0 Å². The topological polar surface area (TPSA) is 120 Å². The molecule has 0 radical (unpaired) electrons. The van der Waals surface area contributed by atoms with Gasteiger partial charge in [-0.1, -0.05) is 133 Å². The molecule has 13 rings (SSSR count). The van der Waals surface area contributed by atoms with Crippen molar-refractivity contribution in [3.63, 3.8) is 0 Å². The van der Waals surface area contributed by atoms with Crippen LogP contribution >= 0.6 is 0 Å². The van der Waals surface area contributed by atoms with Crippen molar-refractivity contribution < 1.29 is 0 Å². The number of para-hydroxylation sites is 4. The summed E-state index contributed by atoms with van der Waals surface area (Å²) in [7, 11) is 0. The van der Waals surface area contributed by atoms with E-state index >= 15 is 0 Å². The first kappa shape index (κ1) is 43.3. The van der Waals surface area contributed by atoms with Crippen LogP contribution in [0.4, 0.5) is 0 Å². The summed E-state index contributed by atoms with van der Waals surface area (Å²) in [4.78, 5) is 16.1. The maximum absolute atomic E-state index is 10.1. The lowest BCUT2D eigenvalue weighted by Crippen LogP contribution is -2.03. The van der Waals surface area contributed by atoms with Gasteiger partial charge in [-0.05, 0) is 130 Å². The van der Waals surface area contributed by atoms with E-state index in [2.05, 4.69) is 161 Å². The van der Waals surface area contributed by atoms with Gasteiger partial charge in [0.25, 0.3) is 0 Å². The Bertz CT molecular complexity index is 4190. The van der Waals surface area contributed by atoms with Crippen molar-refractivity contribution in [3.8, 4) is 97.1 Å². The normalized spacial score (nSPS) is 11.2. The molecule has 0 fully saturated rings. The average molecular weight is 943 g/mol. The summed E-state index contributed by atoms with van der Waals surface area (Å²) in [6.07, 6.45) is 0. The van der Waals surface area contributed by atoms with Crippen molar-refractivity contribution in [1.82, 2.24) is 24.1 Å². The molecule has 0 N–H and O–H groups in total. The van der Waals surface area contributed by atoms with Gasteiger partial charge in [0.05, 0.1) is 57.0 Å². The Labute approximate surface area is 425 Å². The maximum Gasteiger partial charge on any atom is 0.164 e. The minimum Gasteiger partial charge on any atom is -0.309 e. The van der Waals surface area contributed by atoms with Crippen molar-refractivity contribution in [2.24, 2.45) is 0 Å². The van der Waals surface area contributed by atoms with Crippen LogP contribution < -0.4 is 0 Å². The van der Waals surface area contributed by atoms with E-state index in [9.17, 15) is 15.8 Å². The summed E-state index contributed by atoms with van der Waals surface area (Å²) in [6.45, 7) is 0. The number of hydrogen-bond acceptors (Lipinski definition) is 6. The van der Waals surface area contributed by atoms with E-state index in [0.29, 0.717) is 34.2 Å². The Morgan fingerprint density at radius 2 is 0.568 bits per heavy atom. The standard InChI is InChI=1S/C66H38N8/c67-39-42-12-9-15-47(30-42)45-26-28-46(29-27-45)64-70-65(52-33-50(48-16-10-13-43(31-48)40-68)35-54(37-52)73-60-22-5-1-18-56(60)57-19-2-6-23-61(57)73)72-66(71-64)53-34-51(49-17-11-14-44(32-49)41-69)36-55(38-53)74-62-24-7-3-20-58(62)59-21-4-8-25-63(59)74/h1-38H. The van der Waals surface area contributed by atoms with Crippen LogP contribution in [0.3, 0.4) is 0 Å². The number of nitriles is 3. The number of rotatable bonds is 8. The van der Waals surface area contributed by atoms with Crippen molar-refractivity contribution >= 4 is 43.6 Å². The molecule has 3 heterocycles. The van der Waals surface area contributed by atoms with E-state index in [1.807, 2.05) is 91.0 Å². The third-order valence-corrected chi connectivity index (χ3v) is 13.8. The van der Waals surface area contributed by atoms with Crippen LogP contribution in [0, 0.1) is 34.0 Å². The van der Waals surface area contributed by atoms with Crippen LogP contribution in [0.2, 0.25) is 0 Å². The lowest BCUT2D eigenvalue weighted by Gasteiger charge is -2.16. The molecule has 3 aromatic heterocycles. The zero-order valence-corrected chi connectivity index (χ0v) is 39.5. The van der Waals surface area contributed by atoms with E-state index in [1.165, 1.54) is 0 Å². The number of hydrogen-bond donors (Lipinski definition) is 0. The van der Waals surface area contributed by atoms with Gasteiger partial charge in [0.1, 0.15) is 0 Å². The molecular weight excluding hydrogens is 905 g/mol. The smallest absolute Gasteiger partial charge is 0.164 e. The molecule has 0 unspecified atom stereocenters. The summed E-state index contributed by atoms with van der Waals surface area (Å²) in [5.41, 5.74) is 15.4. The second-order valence-electron chi connectivity index (χ2n) is 18.2. The van der Waals surface area contributed by atoms with E-state index in [4.69, 9.17) is 15.0 Å². The van der Waals surface area contributed by atoms with Gasteiger partial charge in [0.15, 0.2) is 17.5 Å². The lowest BCUT2D eigenvalue weighted by molar-refractivity contribution is 1.07. The molecule has 342 valence electrons. The van der Waals surface area contributed by atoms with Crippen LogP contribution in [0.25, 0.3) is 123 Å². The van der Waals surface area contributed by atoms with Crippen LogP contribution in [0.15, 0.2) is 231 Å². The molecule has 0 saturated carbocycles. The van der Waals surface area contributed by atoms with Crippen LogP contribution in [-0.2, 0) is 0 Å². The molecule has 10 aromatic carbocycles. The summed E-state index contributed by atoms with van der Waals surface area (Å²) in [6, 6.07) is 84.4. The molecule has 0 saturated heterocycles. The Morgan fingerprint density at radius 1 is 0.257 bits per heavy atom. The van der Waals surface area contributed by atoms with Crippen LogP contribution in [-0.4, -0.2) is 24.1 Å². The summed E-state index contributed by atoms with van der Waals surface area (Å²) < 4.78 is 4.57. The number of benzene rings is 10. The Balaban J connectivity index is 1.08. The number of nitrogens with zero attached hydrogens (tertiary/aromatic N) is 8. The third-order valence-electron chi connectivity index (χ3n) is 13.8. The molecule has 0 bridgehead atoms. The third kappa shape index (κ3) is 7.59. The highest BCUT2D eigenvalue weighted by Gasteiger charge is 2.20. The molecule has 0 aliphatic rings. The second kappa shape index (κ2) is 17.9. The first-order chi connectivity index (χ1) is 36.5. The first-order valence-electron chi connectivity index (χ1n) is 24.2. The lowest BCUT2D eigenvalue weighted by atomic mass is 9.99. The van der Waals surface area contributed by atoms with Gasteiger partial charge < -0.3 is 9.13 Å². The summed E-state index contributed by atoms with van der Waals surface area (Å²) in [5, 5.41) is 34.3. The minimum absolute atomic E-state index is 0.450. The number of fused-ring (bicyclic) bond motifs is 6. The van der Waals surface area contributed by atoms with E-state index in [0.717, 1.165) is 105 Å². The first-order valence-corrected chi connectivity index (χ1v) is 24.2. The van der Waals surface area contributed by atoms with Crippen LogP contribution in [0.1, 0.15) is 16.7 Å². The quantitative estimate of drug-likeness (QED) is 0.150. The van der Waals surface area contributed by atoms with E-state index in [-0.39, 0.29) is 0 Å². The highest BCUT2D eigenvalue weighted by molar-refractivity contribution is 6.10. The molecule has 8 nitrogen and oxygen atoms in total. The monoisotopic (exact) mass is 942 g/mol. The van der Waals surface area contributed by atoms with Gasteiger partial charge in [-0.3, -0.25) is 0 Å². The number of aromatic nitrogens is 5. The van der Waals surface area contributed by atoms with Gasteiger partial charge in [-0.15, -0.1) is 0 Å². The molecular formula is C66H38N8. The maximum atomic E-state index is 10.1. The van der Waals surface area contributed by atoms with E-state index in [1.54, 1.807) is 6.07 Å². The van der Waals surface area contributed by atoms with Crippen molar-refractivity contribution in [2.45, 2.75) is 0 Å².